The summed E-state index contributed by atoms with van der Waals surface area (Å²) in [5.74, 6) is -0.0659. The third kappa shape index (κ3) is 2.74. The standard InChI is InChI=1S/C20H21N3O4S/c24-18-8-7-14-10-23(11-17(14)18)28(26,27)22-20(25)21-19-15-5-1-3-12(15)9-13-4-2-6-16(13)19/h9-11H,1-8H2,(H2,21,22,25). The number of carbonyl (C=O) groups is 2. The zero-order chi connectivity index (χ0) is 19.5. The highest BCUT2D eigenvalue weighted by molar-refractivity contribution is 7.88. The lowest BCUT2D eigenvalue weighted by Gasteiger charge is -2.16. The van der Waals surface area contributed by atoms with Gasteiger partial charge in [0.05, 0.1) is 0 Å². The molecule has 0 spiro atoms. The maximum Gasteiger partial charge on any atom is 0.334 e. The van der Waals surface area contributed by atoms with Crippen LogP contribution in [0.4, 0.5) is 10.5 Å². The van der Waals surface area contributed by atoms with Crippen LogP contribution in [0.15, 0.2) is 18.5 Å². The number of benzene rings is 1. The predicted molar refractivity (Wildman–Crippen MR) is 104 cm³/mol. The highest BCUT2D eigenvalue weighted by Crippen LogP contribution is 2.38. The summed E-state index contributed by atoms with van der Waals surface area (Å²) in [6.07, 6.45) is 9.54. The lowest BCUT2D eigenvalue weighted by atomic mass is 9.99. The maximum atomic E-state index is 12.6. The van der Waals surface area contributed by atoms with Crippen LogP contribution >= 0.6 is 0 Å². The van der Waals surface area contributed by atoms with E-state index in [1.54, 1.807) is 0 Å². The third-order valence-corrected chi connectivity index (χ3v) is 7.23. The van der Waals surface area contributed by atoms with Crippen molar-refractivity contribution in [3.8, 4) is 0 Å². The van der Waals surface area contributed by atoms with Crippen LogP contribution in [0.3, 0.4) is 0 Å². The van der Waals surface area contributed by atoms with E-state index in [0.717, 1.165) is 59.3 Å². The maximum absolute atomic E-state index is 12.6. The number of aromatic nitrogens is 1. The second-order valence-electron chi connectivity index (χ2n) is 7.75. The first-order valence-electron chi connectivity index (χ1n) is 9.67. The second kappa shape index (κ2) is 6.20. The van der Waals surface area contributed by atoms with Gasteiger partial charge < -0.3 is 5.32 Å². The summed E-state index contributed by atoms with van der Waals surface area (Å²) >= 11 is 0. The quantitative estimate of drug-likeness (QED) is 0.829. The Balaban J connectivity index is 1.40. The highest BCUT2D eigenvalue weighted by Gasteiger charge is 2.28. The number of Topliss-reactive ketones (excluding diaryl/α,β-unsaturated/α-hetero) is 1. The van der Waals surface area contributed by atoms with E-state index in [1.807, 2.05) is 0 Å². The summed E-state index contributed by atoms with van der Waals surface area (Å²) in [7, 11) is -4.11. The number of carbonyl (C=O) groups excluding carboxylic acids is 2. The van der Waals surface area contributed by atoms with Gasteiger partial charge in [0, 0.05) is 30.1 Å². The van der Waals surface area contributed by atoms with Gasteiger partial charge in [-0.2, -0.15) is 8.42 Å². The van der Waals surface area contributed by atoms with E-state index in [9.17, 15) is 18.0 Å². The monoisotopic (exact) mass is 399 g/mol. The molecule has 0 saturated carbocycles. The van der Waals surface area contributed by atoms with E-state index < -0.39 is 16.2 Å². The third-order valence-electron chi connectivity index (χ3n) is 6.02. The van der Waals surface area contributed by atoms with Gasteiger partial charge in [-0.05, 0) is 72.8 Å². The predicted octanol–water partition coefficient (Wildman–Crippen LogP) is 2.51. The zero-order valence-corrected chi connectivity index (χ0v) is 16.2. The molecule has 5 rings (SSSR count). The molecular formula is C20H21N3O4S. The van der Waals surface area contributed by atoms with Gasteiger partial charge in [0.25, 0.3) is 0 Å². The molecule has 2 amide bonds. The molecule has 1 aromatic heterocycles. The summed E-state index contributed by atoms with van der Waals surface area (Å²) in [5, 5.41) is 2.82. The molecule has 8 heteroatoms. The summed E-state index contributed by atoms with van der Waals surface area (Å²) in [6, 6.07) is 1.48. The van der Waals surface area contributed by atoms with Gasteiger partial charge in [0.15, 0.2) is 5.78 Å². The van der Waals surface area contributed by atoms with Crippen LogP contribution in [0.25, 0.3) is 0 Å². The van der Waals surface area contributed by atoms with Crippen molar-refractivity contribution in [2.75, 3.05) is 5.32 Å². The molecule has 0 fully saturated rings. The fourth-order valence-electron chi connectivity index (χ4n) is 4.72. The minimum atomic E-state index is -4.11. The molecule has 0 bridgehead atoms. The van der Waals surface area contributed by atoms with E-state index in [0.29, 0.717) is 24.0 Å². The zero-order valence-electron chi connectivity index (χ0n) is 15.4. The molecule has 0 radical (unpaired) electrons. The normalized spacial score (nSPS) is 17.4. The van der Waals surface area contributed by atoms with Crippen molar-refractivity contribution in [3.05, 3.63) is 51.8 Å². The Kier molecular flexibility index (Phi) is 3.87. The minimum Gasteiger partial charge on any atom is -0.307 e. The van der Waals surface area contributed by atoms with Gasteiger partial charge in [-0.1, -0.05) is 6.07 Å². The van der Waals surface area contributed by atoms with Crippen LogP contribution in [0, 0.1) is 0 Å². The van der Waals surface area contributed by atoms with Crippen molar-refractivity contribution in [2.24, 2.45) is 0 Å². The number of anilines is 1. The van der Waals surface area contributed by atoms with Gasteiger partial charge in [-0.25, -0.2) is 13.5 Å². The van der Waals surface area contributed by atoms with E-state index in [2.05, 4.69) is 16.1 Å². The number of amides is 2. The van der Waals surface area contributed by atoms with Crippen LogP contribution in [-0.4, -0.2) is 24.2 Å². The molecule has 2 N–H and O–H groups in total. The molecule has 3 aliphatic rings. The van der Waals surface area contributed by atoms with E-state index in [4.69, 9.17) is 0 Å². The van der Waals surface area contributed by atoms with Crippen molar-refractivity contribution in [1.82, 2.24) is 8.69 Å². The highest BCUT2D eigenvalue weighted by atomic mass is 32.2. The van der Waals surface area contributed by atoms with Gasteiger partial charge in [-0.3, -0.25) is 4.79 Å². The lowest BCUT2D eigenvalue weighted by Crippen LogP contribution is -2.38. The van der Waals surface area contributed by atoms with Crippen LogP contribution in [0.1, 0.15) is 57.4 Å². The van der Waals surface area contributed by atoms with Crippen molar-refractivity contribution in [1.29, 1.82) is 0 Å². The molecule has 0 saturated heterocycles. The minimum absolute atomic E-state index is 0.0659. The molecule has 1 aromatic carbocycles. The molecule has 146 valence electrons. The number of hydrogen-bond donors (Lipinski definition) is 2. The van der Waals surface area contributed by atoms with Crippen LogP contribution in [0.5, 0.6) is 0 Å². The van der Waals surface area contributed by atoms with Crippen molar-refractivity contribution >= 4 is 27.7 Å². The number of fused-ring (bicyclic) bond motifs is 3. The van der Waals surface area contributed by atoms with Crippen molar-refractivity contribution in [2.45, 2.75) is 51.4 Å². The Morgan fingerprint density at radius 1 is 0.893 bits per heavy atom. The molecule has 3 aliphatic carbocycles. The number of nitrogens with one attached hydrogen (secondary N) is 2. The van der Waals surface area contributed by atoms with Gasteiger partial charge in [0.2, 0.25) is 0 Å². The van der Waals surface area contributed by atoms with Crippen molar-refractivity contribution < 1.29 is 18.0 Å². The smallest absolute Gasteiger partial charge is 0.307 e. The van der Waals surface area contributed by atoms with Crippen LogP contribution < -0.4 is 10.0 Å². The Labute approximate surface area is 163 Å². The Hall–Kier alpha value is -2.61. The summed E-state index contributed by atoms with van der Waals surface area (Å²) in [6.45, 7) is 0. The molecule has 2 aromatic rings. The van der Waals surface area contributed by atoms with Crippen LogP contribution in [0.2, 0.25) is 0 Å². The number of aryl methyl sites for hydroxylation is 3. The number of nitrogens with zero attached hydrogens (tertiary/aromatic N) is 1. The Bertz CT molecular complexity index is 1100. The van der Waals surface area contributed by atoms with Gasteiger partial charge in [-0.15, -0.1) is 0 Å². The van der Waals surface area contributed by atoms with Crippen LogP contribution in [-0.2, 0) is 42.3 Å². The van der Waals surface area contributed by atoms with E-state index >= 15 is 0 Å². The Morgan fingerprint density at radius 3 is 2.21 bits per heavy atom. The number of urea groups is 1. The lowest BCUT2D eigenvalue weighted by molar-refractivity contribution is 0.0994. The average Bonchev–Trinajstić information content (AvgIpc) is 3.39. The molecule has 28 heavy (non-hydrogen) atoms. The van der Waals surface area contributed by atoms with Gasteiger partial charge >= 0.3 is 16.2 Å². The topological polar surface area (TPSA) is 97.3 Å². The molecule has 0 aliphatic heterocycles. The number of ketones is 1. The van der Waals surface area contributed by atoms with E-state index in [-0.39, 0.29) is 5.78 Å². The Morgan fingerprint density at radius 2 is 1.57 bits per heavy atom. The van der Waals surface area contributed by atoms with E-state index in [1.165, 1.54) is 23.5 Å². The molecule has 0 atom stereocenters. The summed E-state index contributed by atoms with van der Waals surface area (Å²) in [5.41, 5.74) is 6.72. The first-order chi connectivity index (χ1) is 13.4. The van der Waals surface area contributed by atoms with Gasteiger partial charge in [0.1, 0.15) is 0 Å². The molecular weight excluding hydrogens is 378 g/mol. The number of rotatable bonds is 3. The fraction of sp³-hybridized carbons (Fsp3) is 0.400. The summed E-state index contributed by atoms with van der Waals surface area (Å²) in [4.78, 5) is 24.3. The first kappa shape index (κ1) is 17.5. The first-order valence-corrected chi connectivity index (χ1v) is 11.1. The molecule has 1 heterocycles. The fourth-order valence-corrected chi connectivity index (χ4v) is 5.62. The average molecular weight is 399 g/mol. The number of hydrogen-bond acceptors (Lipinski definition) is 4. The SMILES string of the molecule is O=C(Nc1c2c(cc3c1CCC3)CCC2)NS(=O)(=O)n1cc2c(c1)C(=O)CC2. The molecule has 0 unspecified atom stereocenters. The largest absolute Gasteiger partial charge is 0.334 e. The van der Waals surface area contributed by atoms with Crippen molar-refractivity contribution in [3.63, 3.8) is 0 Å². The second-order valence-corrected chi connectivity index (χ2v) is 9.32. The molecule has 7 nitrogen and oxygen atoms in total. The summed E-state index contributed by atoms with van der Waals surface area (Å²) < 4.78 is 28.2.